The van der Waals surface area contributed by atoms with E-state index in [1.807, 2.05) is 0 Å². The summed E-state index contributed by atoms with van der Waals surface area (Å²) in [6.07, 6.45) is 0. The monoisotopic (exact) mass is 268 g/mol. The van der Waals surface area contributed by atoms with Crippen LogP contribution in [0.15, 0.2) is 0 Å². The fraction of sp³-hybridized carbons (Fsp3) is 0.500. The summed E-state index contributed by atoms with van der Waals surface area (Å²) in [6.45, 7) is 0. The van der Waals surface area contributed by atoms with E-state index < -0.39 is 20.8 Å². The first-order valence-corrected chi connectivity index (χ1v) is 5.75. The van der Waals surface area contributed by atoms with Crippen LogP contribution in [0.2, 0.25) is 0 Å². The van der Waals surface area contributed by atoms with E-state index >= 15 is 0 Å². The molecule has 0 amide bonds. The second-order valence-electron chi connectivity index (χ2n) is 1.54. The largest absolute Gasteiger partial charge is 0.413 e. The average Bonchev–Trinajstić information content (AvgIpc) is 1.80. The third-order valence-corrected chi connectivity index (χ3v) is 2.00. The van der Waals surface area contributed by atoms with Gasteiger partial charge in [-0.15, -0.1) is 3.63 Å². The molecule has 0 aromatic carbocycles. The minimum atomic E-state index is -5.12. The SMILES string of the molecule is CNC(N)=S.O=S(=O)(O)OS(=O)(=O)O. The zero-order valence-corrected chi connectivity index (χ0v) is 9.19. The lowest BCUT2D eigenvalue weighted by Gasteiger charge is -1.89. The molecular weight excluding hydrogens is 260 g/mol. The lowest BCUT2D eigenvalue weighted by atomic mass is 11.1. The van der Waals surface area contributed by atoms with Gasteiger partial charge in [0.2, 0.25) is 0 Å². The summed E-state index contributed by atoms with van der Waals surface area (Å²) in [5.41, 5.74) is 4.91. The van der Waals surface area contributed by atoms with Crippen molar-refractivity contribution in [1.29, 1.82) is 0 Å². The van der Waals surface area contributed by atoms with Gasteiger partial charge >= 0.3 is 20.8 Å². The number of thiocarbonyl (C=S) groups is 1. The average molecular weight is 268 g/mol. The van der Waals surface area contributed by atoms with E-state index in [0.717, 1.165) is 0 Å². The molecule has 0 aliphatic rings. The highest BCUT2D eigenvalue weighted by atomic mass is 32.3. The van der Waals surface area contributed by atoms with Crippen LogP contribution in [0.5, 0.6) is 0 Å². The highest BCUT2D eigenvalue weighted by Gasteiger charge is 2.15. The van der Waals surface area contributed by atoms with Gasteiger partial charge in [0.05, 0.1) is 0 Å². The molecule has 9 nitrogen and oxygen atoms in total. The van der Waals surface area contributed by atoms with Crippen molar-refractivity contribution in [3.8, 4) is 0 Å². The summed E-state index contributed by atoms with van der Waals surface area (Å²) >= 11 is 4.36. The van der Waals surface area contributed by atoms with E-state index in [1.165, 1.54) is 0 Å². The second kappa shape index (κ2) is 6.05. The van der Waals surface area contributed by atoms with Crippen LogP contribution in [0.3, 0.4) is 0 Å². The summed E-state index contributed by atoms with van der Waals surface area (Å²) in [5.74, 6) is 0. The minimum absolute atomic E-state index is 0.338. The Hall–Kier alpha value is -0.530. The Bertz CT molecular complexity index is 338. The van der Waals surface area contributed by atoms with Crippen molar-refractivity contribution in [2.75, 3.05) is 7.05 Å². The summed E-state index contributed by atoms with van der Waals surface area (Å²) < 4.78 is 55.6. The molecule has 0 unspecified atom stereocenters. The third-order valence-electron chi connectivity index (χ3n) is 0.418. The van der Waals surface area contributed by atoms with Crippen LogP contribution in [0, 0.1) is 0 Å². The standard InChI is InChI=1S/C2H6N2S.H2O7S2/c1-4-2(3)5;1-8(2,3)7-9(4,5)6/h1H3,(H3,3,4,5);(H,1,2,3)(H,4,5,6). The van der Waals surface area contributed by atoms with Crippen LogP contribution in [0.4, 0.5) is 0 Å². The molecule has 0 aliphatic heterocycles. The molecule has 0 aromatic heterocycles. The maximum Gasteiger partial charge on any atom is 0.413 e. The van der Waals surface area contributed by atoms with E-state index in [0.29, 0.717) is 5.11 Å². The van der Waals surface area contributed by atoms with Crippen LogP contribution in [-0.2, 0) is 24.4 Å². The first-order chi connectivity index (χ1) is 5.98. The molecule has 86 valence electrons. The molecule has 0 heterocycles. The molecule has 0 spiro atoms. The van der Waals surface area contributed by atoms with Crippen LogP contribution >= 0.6 is 12.2 Å². The van der Waals surface area contributed by atoms with E-state index in [4.69, 9.17) is 14.8 Å². The fourth-order valence-electron chi connectivity index (χ4n) is 0.109. The first-order valence-electron chi connectivity index (χ1n) is 2.61. The van der Waals surface area contributed by atoms with Gasteiger partial charge < -0.3 is 11.1 Å². The molecule has 5 N–H and O–H groups in total. The Morgan fingerprint density at radius 3 is 1.50 bits per heavy atom. The highest BCUT2D eigenvalue weighted by Crippen LogP contribution is 1.91. The van der Waals surface area contributed by atoms with Crippen molar-refractivity contribution in [2.45, 2.75) is 0 Å². The van der Waals surface area contributed by atoms with Gasteiger partial charge in [-0.2, -0.15) is 16.8 Å². The number of nitrogens with one attached hydrogen (secondary N) is 1. The number of hydrogen-bond acceptors (Lipinski definition) is 6. The zero-order chi connectivity index (χ0) is 12.0. The number of nitrogens with two attached hydrogens (primary N) is 1. The molecule has 0 aliphatic carbocycles. The summed E-state index contributed by atoms with van der Waals surface area (Å²) in [6, 6.07) is 0. The van der Waals surface area contributed by atoms with E-state index in [2.05, 4.69) is 21.2 Å². The van der Waals surface area contributed by atoms with Gasteiger partial charge in [-0.05, 0) is 12.2 Å². The van der Waals surface area contributed by atoms with Gasteiger partial charge in [-0.25, -0.2) is 0 Å². The highest BCUT2D eigenvalue weighted by molar-refractivity contribution is 7.94. The smallest absolute Gasteiger partial charge is 0.376 e. The Morgan fingerprint density at radius 2 is 1.50 bits per heavy atom. The van der Waals surface area contributed by atoms with Crippen molar-refractivity contribution in [3.63, 3.8) is 0 Å². The first kappa shape index (κ1) is 15.9. The van der Waals surface area contributed by atoms with Crippen molar-refractivity contribution in [1.82, 2.24) is 5.32 Å². The van der Waals surface area contributed by atoms with Crippen molar-refractivity contribution >= 4 is 38.1 Å². The predicted octanol–water partition coefficient (Wildman–Crippen LogP) is -1.94. The Labute approximate surface area is 86.1 Å². The van der Waals surface area contributed by atoms with Gasteiger partial charge in [0.15, 0.2) is 5.11 Å². The molecule has 0 rings (SSSR count). The summed E-state index contributed by atoms with van der Waals surface area (Å²) in [7, 11) is -8.56. The molecule has 0 saturated heterocycles. The van der Waals surface area contributed by atoms with Gasteiger partial charge in [0.25, 0.3) is 0 Å². The fourth-order valence-corrected chi connectivity index (χ4v) is 0.978. The molecule has 0 bridgehead atoms. The topological polar surface area (TPSA) is 156 Å². The van der Waals surface area contributed by atoms with Crippen molar-refractivity contribution in [3.05, 3.63) is 0 Å². The Kier molecular flexibility index (Phi) is 6.88. The van der Waals surface area contributed by atoms with E-state index in [1.54, 1.807) is 7.05 Å². The molecular formula is C2H8N2O7S3. The van der Waals surface area contributed by atoms with Crippen molar-refractivity contribution < 1.29 is 29.6 Å². The summed E-state index contributed by atoms with van der Waals surface area (Å²) in [4.78, 5) is 0. The number of hydrogen-bond donors (Lipinski definition) is 4. The summed E-state index contributed by atoms with van der Waals surface area (Å²) in [5, 5.41) is 2.88. The van der Waals surface area contributed by atoms with Crippen molar-refractivity contribution in [2.24, 2.45) is 5.73 Å². The quantitative estimate of drug-likeness (QED) is 0.328. The Morgan fingerprint density at radius 1 is 1.29 bits per heavy atom. The van der Waals surface area contributed by atoms with Gasteiger partial charge in [-0.3, -0.25) is 9.11 Å². The van der Waals surface area contributed by atoms with Gasteiger partial charge in [0, 0.05) is 7.05 Å². The van der Waals surface area contributed by atoms with E-state index in [9.17, 15) is 16.8 Å². The lowest BCUT2D eigenvalue weighted by Crippen LogP contribution is -2.24. The van der Waals surface area contributed by atoms with E-state index in [-0.39, 0.29) is 0 Å². The number of rotatable bonds is 2. The van der Waals surface area contributed by atoms with Gasteiger partial charge in [0.1, 0.15) is 0 Å². The third kappa shape index (κ3) is 22.5. The molecule has 0 radical (unpaired) electrons. The van der Waals surface area contributed by atoms with Gasteiger partial charge in [-0.1, -0.05) is 0 Å². The lowest BCUT2D eigenvalue weighted by molar-refractivity contribution is 0.344. The second-order valence-corrected chi connectivity index (χ2v) is 4.23. The normalized spacial score (nSPS) is 11.1. The van der Waals surface area contributed by atoms with Crippen LogP contribution in [-0.4, -0.2) is 38.1 Å². The molecule has 0 fully saturated rings. The Balaban J connectivity index is 0. The minimum Gasteiger partial charge on any atom is -0.376 e. The molecule has 12 heteroatoms. The maximum atomic E-state index is 9.44. The maximum absolute atomic E-state index is 9.44. The molecule has 0 saturated carbocycles. The zero-order valence-electron chi connectivity index (χ0n) is 6.74. The molecule has 0 aromatic rings. The molecule has 14 heavy (non-hydrogen) atoms. The van der Waals surface area contributed by atoms with Crippen LogP contribution < -0.4 is 11.1 Å². The molecule has 0 atom stereocenters. The van der Waals surface area contributed by atoms with Crippen LogP contribution in [0.1, 0.15) is 0 Å². The van der Waals surface area contributed by atoms with Crippen LogP contribution in [0.25, 0.3) is 0 Å². The predicted molar refractivity (Wildman–Crippen MR) is 50.0 cm³/mol.